The highest BCUT2D eigenvalue weighted by atomic mass is 14.3. The van der Waals surface area contributed by atoms with Crippen LogP contribution in [-0.2, 0) is 44.9 Å². The summed E-state index contributed by atoms with van der Waals surface area (Å²) in [5.74, 6) is 0. The predicted molar refractivity (Wildman–Crippen MR) is 540 cm³/mol. The van der Waals surface area contributed by atoms with Crippen LogP contribution in [0.3, 0.4) is 0 Å². The topological polar surface area (TPSA) is 0 Å². The molecule has 0 unspecified atom stereocenters. The molecule has 0 nitrogen and oxygen atoms in total. The van der Waals surface area contributed by atoms with Crippen LogP contribution in [0.5, 0.6) is 0 Å². The van der Waals surface area contributed by atoms with E-state index >= 15 is 0 Å². The molecule has 0 radical (unpaired) electrons. The molecule has 127 heavy (non-hydrogen) atoms. The van der Waals surface area contributed by atoms with Crippen LogP contribution in [0.4, 0.5) is 0 Å². The van der Waals surface area contributed by atoms with Crippen LogP contribution >= 0.6 is 0 Å². The normalized spacial score (nSPS) is 12.5. The van der Waals surface area contributed by atoms with E-state index in [4.69, 9.17) is 0 Å². The van der Waals surface area contributed by atoms with Crippen LogP contribution in [0.1, 0.15) is 77.9 Å². The molecule has 7 aliphatic carbocycles. The van der Waals surface area contributed by atoms with Crippen molar-refractivity contribution in [1.82, 2.24) is 0 Å². The van der Waals surface area contributed by atoms with Crippen molar-refractivity contribution < 1.29 is 0 Å². The first kappa shape index (κ1) is 75.2. The molecule has 7 aliphatic rings. The Morgan fingerprint density at radius 2 is 0.323 bits per heavy atom. The Bertz CT molecular complexity index is 8170. The first-order valence-electron chi connectivity index (χ1n) is 45.0. The monoisotopic (exact) mass is 1610 g/mol. The fourth-order valence-corrected chi connectivity index (χ4v) is 21.8. The van der Waals surface area contributed by atoms with Crippen LogP contribution < -0.4 is 0 Å². The van der Waals surface area contributed by atoms with Crippen molar-refractivity contribution in [3.05, 3.63) is 527 Å². The highest BCUT2D eigenvalue weighted by Gasteiger charge is 2.28. The van der Waals surface area contributed by atoms with Gasteiger partial charge in [0.25, 0.3) is 0 Å². The smallest absolute Gasteiger partial charge is 0.000705 e. The molecule has 0 bridgehead atoms. The van der Waals surface area contributed by atoms with Crippen LogP contribution in [0, 0.1) is 0 Å². The molecule has 0 saturated heterocycles. The largest absolute Gasteiger partial charge is 0.0619 e. The Labute approximate surface area is 741 Å². The van der Waals surface area contributed by atoms with Crippen molar-refractivity contribution in [3.8, 4) is 77.9 Å². The molecule has 0 aliphatic heterocycles. The van der Waals surface area contributed by atoms with Crippen molar-refractivity contribution in [2.24, 2.45) is 0 Å². The molecule has 0 heterocycles. The third-order valence-electron chi connectivity index (χ3n) is 27.8. The van der Waals surface area contributed by atoms with Crippen molar-refractivity contribution in [2.75, 3.05) is 0 Å². The van der Waals surface area contributed by atoms with Crippen molar-refractivity contribution >= 4 is 97.0 Å². The molecular formula is C127H88. The summed E-state index contributed by atoms with van der Waals surface area (Å²) >= 11 is 0. The molecule has 0 atom stereocenters. The summed E-state index contributed by atoms with van der Waals surface area (Å²) in [6, 6.07) is 163. The first-order chi connectivity index (χ1) is 63.0. The van der Waals surface area contributed by atoms with E-state index < -0.39 is 0 Å². The van der Waals surface area contributed by atoms with E-state index in [2.05, 4.69) is 449 Å². The fourth-order valence-electron chi connectivity index (χ4n) is 21.8. The Kier molecular flexibility index (Phi) is 18.9. The summed E-state index contributed by atoms with van der Waals surface area (Å²) in [7, 11) is 0. The minimum absolute atomic E-state index is 1.05. The highest BCUT2D eigenvalue weighted by molar-refractivity contribution is 6.11. The minimum atomic E-state index is 1.05. The number of hydrogen-bond donors (Lipinski definition) is 0. The minimum Gasteiger partial charge on any atom is -0.0619 e. The first-order valence-corrected chi connectivity index (χ1v) is 45.0. The Morgan fingerprint density at radius 3 is 0.756 bits per heavy atom. The summed E-state index contributed by atoms with van der Waals surface area (Å²) < 4.78 is 0. The van der Waals surface area contributed by atoms with Gasteiger partial charge in [-0.3, -0.25) is 0 Å². The second kappa shape index (κ2) is 31.9. The molecule has 0 spiro atoms. The van der Waals surface area contributed by atoms with E-state index in [1.165, 1.54) is 253 Å². The zero-order valence-corrected chi connectivity index (χ0v) is 70.7. The van der Waals surface area contributed by atoms with Gasteiger partial charge in [-0.05, 0) is 310 Å². The van der Waals surface area contributed by atoms with E-state index in [1.54, 1.807) is 0 Å². The molecule has 596 valence electrons. The lowest BCUT2D eigenvalue weighted by Crippen LogP contribution is -1.83. The summed E-state index contributed by atoms with van der Waals surface area (Å²) in [5, 5.41) is 24.4. The third kappa shape index (κ3) is 13.6. The zero-order chi connectivity index (χ0) is 83.8. The highest BCUT2D eigenvalue weighted by Crippen LogP contribution is 2.50. The van der Waals surface area contributed by atoms with Gasteiger partial charge in [0.1, 0.15) is 0 Å². The van der Waals surface area contributed by atoms with E-state index in [0.29, 0.717) is 0 Å². The Hall–Kier alpha value is -15.6. The van der Waals surface area contributed by atoms with E-state index in [1.807, 2.05) is 0 Å². The van der Waals surface area contributed by atoms with E-state index in [-0.39, 0.29) is 0 Å². The maximum Gasteiger partial charge on any atom is -0.000705 e. The SMILES string of the molecule is c1ccc2c(c1)Cc1c-2ccc2ccccc12.c1ccc2c(c1)Cc1cc3ccccc3cc1-2.c1ccc2c(c1)Cc1ccc3ccccc3c1-2.c1ccc2c(c1)Cc1ccccc1-2.c1ccc2c3c(ccc2c1)-c1c(ccc2ccccc12)C3.c1ccc2c3c(ccc2c1)Cc1ccc2ccccc2c1-3.c1ccc2cc3c(cc2c1)Cc1ccc2ccccc2c1-3. The van der Waals surface area contributed by atoms with E-state index in [0.717, 1.165) is 44.9 Å². The zero-order valence-electron chi connectivity index (χ0n) is 70.7. The van der Waals surface area contributed by atoms with Gasteiger partial charge in [-0.15, -0.1) is 0 Å². The maximum atomic E-state index is 2.36. The van der Waals surface area contributed by atoms with Gasteiger partial charge in [0.2, 0.25) is 0 Å². The molecular weight excluding hydrogens is 1530 g/mol. The van der Waals surface area contributed by atoms with E-state index in [9.17, 15) is 0 Å². The molecule has 0 saturated carbocycles. The molecule has 0 fully saturated rings. The average Bonchev–Trinajstić information content (AvgIpc) is 1.65. The van der Waals surface area contributed by atoms with Gasteiger partial charge in [0.15, 0.2) is 0 Å². The van der Waals surface area contributed by atoms with Crippen molar-refractivity contribution in [3.63, 3.8) is 0 Å². The van der Waals surface area contributed by atoms with Crippen molar-refractivity contribution in [2.45, 2.75) is 44.9 Å². The lowest BCUT2D eigenvalue weighted by atomic mass is 9.94. The quantitative estimate of drug-likeness (QED) is 0.142. The molecule has 23 aromatic rings. The second-order valence-electron chi connectivity index (χ2n) is 35.0. The molecule has 23 aromatic carbocycles. The Morgan fingerprint density at radius 1 is 0.102 bits per heavy atom. The summed E-state index contributed by atoms with van der Waals surface area (Å²) in [6.07, 6.45) is 7.50. The van der Waals surface area contributed by atoms with Gasteiger partial charge in [0, 0.05) is 0 Å². The van der Waals surface area contributed by atoms with Crippen LogP contribution in [0.25, 0.3) is 175 Å². The molecule has 0 amide bonds. The van der Waals surface area contributed by atoms with Crippen molar-refractivity contribution in [1.29, 1.82) is 0 Å². The van der Waals surface area contributed by atoms with Gasteiger partial charge < -0.3 is 0 Å². The van der Waals surface area contributed by atoms with Gasteiger partial charge in [-0.1, -0.05) is 437 Å². The number of hydrogen-bond acceptors (Lipinski definition) is 0. The summed E-state index contributed by atoms with van der Waals surface area (Å²) in [5.41, 5.74) is 40.4. The number of fused-ring (bicyclic) bond motifs is 37. The Balaban J connectivity index is 0.0000000831. The van der Waals surface area contributed by atoms with Gasteiger partial charge in [0.05, 0.1) is 0 Å². The van der Waals surface area contributed by atoms with Gasteiger partial charge in [-0.25, -0.2) is 0 Å². The molecule has 30 rings (SSSR count). The standard InChI is InChI=1S/3C21H14.3C17H12.C13H10/c1-3-7-18-14(5-1)9-11-16-13-17-12-10-15-6-2-4-8-19(15)21(17)20(16)18;1-3-7-17-14(5-1)11-12-19-20(17)13-16-10-9-15-6-2-4-8-18(15)21(16)19;1-2-7-16-13-20-18(11-15(16)6-1)12-17-10-9-14-5-3-4-8-19(14)21(17)20;1-3-7-15-12(5-1)9-10-14-11-13-6-2-4-8-16(13)17(14)15;1-3-7-14-12(5-1)9-10-16-15-8-4-2-6-13(15)11-17(14)16;1-2-6-13-11-17-15(9-12(13)5-1)10-14-7-3-4-8-16(14)17;1-3-7-12-10(5-1)9-11-6-2-4-8-13(11)12/h2*1-12H,13H2;1-11,13H,12H2;2*1-10H,11H2;1-9,11H,10H2;1-8H,9H2. The van der Waals surface area contributed by atoms with Gasteiger partial charge in [-0.2, -0.15) is 0 Å². The maximum absolute atomic E-state index is 2.36. The molecule has 0 aromatic heterocycles. The number of rotatable bonds is 0. The lowest BCUT2D eigenvalue weighted by Gasteiger charge is -2.09. The summed E-state index contributed by atoms with van der Waals surface area (Å²) in [6.45, 7) is 0. The predicted octanol–water partition coefficient (Wildman–Crippen LogP) is 33.2. The van der Waals surface area contributed by atoms with Gasteiger partial charge >= 0.3 is 0 Å². The van der Waals surface area contributed by atoms with Crippen LogP contribution in [0.15, 0.2) is 449 Å². The third-order valence-corrected chi connectivity index (χ3v) is 27.8. The fraction of sp³-hybridized carbons (Fsp3) is 0.0551. The lowest BCUT2D eigenvalue weighted by molar-refractivity contribution is 1.26. The molecule has 0 N–H and O–H groups in total. The average molecular weight is 1610 g/mol. The summed E-state index contributed by atoms with van der Waals surface area (Å²) in [4.78, 5) is 0. The second-order valence-corrected chi connectivity index (χ2v) is 35.0. The van der Waals surface area contributed by atoms with Crippen LogP contribution in [0.2, 0.25) is 0 Å². The molecule has 0 heteroatoms. The van der Waals surface area contributed by atoms with Crippen LogP contribution in [-0.4, -0.2) is 0 Å². The number of benzene rings is 23.